The van der Waals surface area contributed by atoms with Gasteiger partial charge in [0, 0.05) is 11.9 Å². The summed E-state index contributed by atoms with van der Waals surface area (Å²) in [6, 6.07) is 12.6. The highest BCUT2D eigenvalue weighted by Gasteiger charge is 2.12. The lowest BCUT2D eigenvalue weighted by atomic mass is 10.0. The summed E-state index contributed by atoms with van der Waals surface area (Å²) in [5, 5.41) is 6.21. The fraction of sp³-hybridized carbons (Fsp3) is 0.176. The number of rotatable bonds is 4. The minimum atomic E-state index is -0.842. The molecular weight excluding hydrogens is 292 g/mol. The number of carbonyl (C=O) groups is 2. The lowest BCUT2D eigenvalue weighted by molar-refractivity contribution is -0.136. The van der Waals surface area contributed by atoms with Gasteiger partial charge >= 0.3 is 11.8 Å². The van der Waals surface area contributed by atoms with Gasteiger partial charge in [-0.05, 0) is 35.7 Å². The molecule has 0 spiro atoms. The summed E-state index contributed by atoms with van der Waals surface area (Å²) in [6.45, 7) is 4.17. The molecule has 0 unspecified atom stereocenters. The highest BCUT2D eigenvalue weighted by atomic mass is 16.2. The van der Waals surface area contributed by atoms with Crippen molar-refractivity contribution < 1.29 is 9.59 Å². The van der Waals surface area contributed by atoms with E-state index in [-0.39, 0.29) is 0 Å². The van der Waals surface area contributed by atoms with E-state index in [0.29, 0.717) is 17.3 Å². The molecule has 2 rings (SSSR count). The van der Waals surface area contributed by atoms with Crippen LogP contribution >= 0.6 is 0 Å². The Morgan fingerprint density at radius 3 is 2.43 bits per heavy atom. The van der Waals surface area contributed by atoms with E-state index in [1.165, 1.54) is 6.21 Å². The van der Waals surface area contributed by atoms with Crippen LogP contribution in [0.15, 0.2) is 53.8 Å². The number of benzene rings is 1. The van der Waals surface area contributed by atoms with Crippen molar-refractivity contribution in [3.05, 3.63) is 59.9 Å². The molecule has 0 aliphatic carbocycles. The van der Waals surface area contributed by atoms with Crippen molar-refractivity contribution >= 4 is 23.7 Å². The van der Waals surface area contributed by atoms with E-state index >= 15 is 0 Å². The molecule has 0 aliphatic heterocycles. The molecule has 0 atom stereocenters. The third-order valence-corrected chi connectivity index (χ3v) is 3.09. The fourth-order valence-electron chi connectivity index (χ4n) is 1.80. The molecule has 118 valence electrons. The van der Waals surface area contributed by atoms with Crippen molar-refractivity contribution in [1.82, 2.24) is 10.4 Å². The summed E-state index contributed by atoms with van der Waals surface area (Å²) in [5.41, 5.74) is 4.46. The number of hydrogen-bond donors (Lipinski definition) is 2. The van der Waals surface area contributed by atoms with Gasteiger partial charge in [0.05, 0.1) is 11.9 Å². The Balaban J connectivity index is 1.87. The molecule has 1 aromatic heterocycles. The fourth-order valence-corrected chi connectivity index (χ4v) is 1.80. The zero-order valence-corrected chi connectivity index (χ0v) is 13.0. The maximum absolute atomic E-state index is 11.8. The number of aromatic nitrogens is 1. The van der Waals surface area contributed by atoms with Gasteiger partial charge in [-0.2, -0.15) is 5.10 Å². The molecule has 0 bridgehead atoms. The smallest absolute Gasteiger partial charge is 0.318 e. The lowest BCUT2D eigenvalue weighted by Crippen LogP contribution is -2.32. The Bertz CT molecular complexity index is 694. The molecular formula is C17H18N4O2. The van der Waals surface area contributed by atoms with Crippen molar-refractivity contribution in [2.45, 2.75) is 19.8 Å². The van der Waals surface area contributed by atoms with E-state index < -0.39 is 11.8 Å². The predicted molar refractivity (Wildman–Crippen MR) is 89.1 cm³/mol. The molecule has 2 N–H and O–H groups in total. The molecule has 1 aromatic carbocycles. The van der Waals surface area contributed by atoms with Crippen LogP contribution in [0.5, 0.6) is 0 Å². The van der Waals surface area contributed by atoms with Gasteiger partial charge in [0.15, 0.2) is 0 Å². The van der Waals surface area contributed by atoms with Crippen LogP contribution in [0.2, 0.25) is 0 Å². The van der Waals surface area contributed by atoms with Crippen LogP contribution in [0.3, 0.4) is 0 Å². The Morgan fingerprint density at radius 1 is 1.09 bits per heavy atom. The predicted octanol–water partition coefficient (Wildman–Crippen LogP) is 2.29. The average Bonchev–Trinajstić information content (AvgIpc) is 2.56. The number of carbonyl (C=O) groups excluding carboxylic acids is 2. The maximum Gasteiger partial charge on any atom is 0.329 e. The molecule has 0 radical (unpaired) electrons. The molecule has 6 heteroatoms. The van der Waals surface area contributed by atoms with E-state index in [1.807, 2.05) is 12.1 Å². The van der Waals surface area contributed by atoms with Crippen LogP contribution in [0.1, 0.15) is 31.0 Å². The summed E-state index contributed by atoms with van der Waals surface area (Å²) >= 11 is 0. The summed E-state index contributed by atoms with van der Waals surface area (Å²) in [6.07, 6.45) is 2.97. The average molecular weight is 310 g/mol. The molecule has 2 aromatic rings. The van der Waals surface area contributed by atoms with Gasteiger partial charge in [-0.25, -0.2) is 5.43 Å². The van der Waals surface area contributed by atoms with Gasteiger partial charge in [0.25, 0.3) is 0 Å². The SMILES string of the molecule is CC(C)c1ccc(NC(=O)C(=O)N/N=C\c2ccccn2)cc1. The molecule has 0 saturated heterocycles. The third kappa shape index (κ3) is 5.03. The number of anilines is 1. The first-order valence-corrected chi connectivity index (χ1v) is 7.21. The summed E-state index contributed by atoms with van der Waals surface area (Å²) in [7, 11) is 0. The van der Waals surface area contributed by atoms with Crippen molar-refractivity contribution in [3.63, 3.8) is 0 Å². The molecule has 0 aliphatic rings. The maximum atomic E-state index is 11.8. The van der Waals surface area contributed by atoms with Crippen LogP contribution in [0.25, 0.3) is 0 Å². The summed E-state index contributed by atoms with van der Waals surface area (Å²) < 4.78 is 0. The zero-order valence-electron chi connectivity index (χ0n) is 13.0. The first kappa shape index (κ1) is 16.4. The van der Waals surface area contributed by atoms with Gasteiger partial charge in [-0.3, -0.25) is 14.6 Å². The molecule has 0 saturated carbocycles. The second-order valence-electron chi connectivity index (χ2n) is 5.18. The van der Waals surface area contributed by atoms with Crippen molar-refractivity contribution in [2.24, 2.45) is 5.10 Å². The first-order chi connectivity index (χ1) is 11.1. The second kappa shape index (κ2) is 7.84. The van der Waals surface area contributed by atoms with Crippen LogP contribution in [0.4, 0.5) is 5.69 Å². The van der Waals surface area contributed by atoms with E-state index in [2.05, 4.69) is 34.7 Å². The molecule has 1 heterocycles. The zero-order chi connectivity index (χ0) is 16.7. The van der Waals surface area contributed by atoms with Crippen molar-refractivity contribution in [2.75, 3.05) is 5.32 Å². The molecule has 6 nitrogen and oxygen atoms in total. The quantitative estimate of drug-likeness (QED) is 0.516. The topological polar surface area (TPSA) is 83.5 Å². The third-order valence-electron chi connectivity index (χ3n) is 3.09. The Labute approximate surface area is 134 Å². The van der Waals surface area contributed by atoms with Gasteiger partial charge < -0.3 is 5.32 Å². The summed E-state index contributed by atoms with van der Waals surface area (Å²) in [5.74, 6) is -1.21. The van der Waals surface area contributed by atoms with Crippen LogP contribution < -0.4 is 10.7 Å². The number of nitrogens with one attached hydrogen (secondary N) is 2. The molecule has 0 fully saturated rings. The van der Waals surface area contributed by atoms with Gasteiger partial charge in [0.2, 0.25) is 0 Å². The van der Waals surface area contributed by atoms with Crippen LogP contribution in [-0.2, 0) is 9.59 Å². The largest absolute Gasteiger partial charge is 0.329 e. The van der Waals surface area contributed by atoms with Crippen molar-refractivity contribution in [1.29, 1.82) is 0 Å². The number of hydrogen-bond acceptors (Lipinski definition) is 4. The Hall–Kier alpha value is -3.02. The highest BCUT2D eigenvalue weighted by Crippen LogP contribution is 2.16. The first-order valence-electron chi connectivity index (χ1n) is 7.21. The van der Waals surface area contributed by atoms with Gasteiger partial charge in [0.1, 0.15) is 0 Å². The van der Waals surface area contributed by atoms with Gasteiger partial charge in [-0.1, -0.05) is 32.0 Å². The summed E-state index contributed by atoms with van der Waals surface area (Å²) in [4.78, 5) is 27.4. The minimum Gasteiger partial charge on any atom is -0.318 e. The number of nitrogens with zero attached hydrogens (tertiary/aromatic N) is 2. The number of amides is 2. The number of hydrazone groups is 1. The Kier molecular flexibility index (Phi) is 5.57. The van der Waals surface area contributed by atoms with Crippen LogP contribution in [0, 0.1) is 0 Å². The monoisotopic (exact) mass is 310 g/mol. The van der Waals surface area contributed by atoms with E-state index in [4.69, 9.17) is 0 Å². The highest BCUT2D eigenvalue weighted by molar-refractivity contribution is 6.39. The Morgan fingerprint density at radius 2 is 1.83 bits per heavy atom. The standard InChI is InChI=1S/C17H18N4O2/c1-12(2)13-6-8-14(9-7-13)20-16(22)17(23)21-19-11-15-5-3-4-10-18-15/h3-12H,1-2H3,(H,20,22)(H,21,23)/b19-11-. The van der Waals surface area contributed by atoms with Crippen LogP contribution in [-0.4, -0.2) is 23.0 Å². The minimum absolute atomic E-state index is 0.406. The van der Waals surface area contributed by atoms with E-state index in [0.717, 1.165) is 5.56 Å². The van der Waals surface area contributed by atoms with Gasteiger partial charge in [-0.15, -0.1) is 0 Å². The lowest BCUT2D eigenvalue weighted by Gasteiger charge is -2.07. The molecule has 23 heavy (non-hydrogen) atoms. The van der Waals surface area contributed by atoms with Crippen molar-refractivity contribution in [3.8, 4) is 0 Å². The van der Waals surface area contributed by atoms with E-state index in [9.17, 15) is 9.59 Å². The second-order valence-corrected chi connectivity index (χ2v) is 5.18. The van der Waals surface area contributed by atoms with E-state index in [1.54, 1.807) is 36.5 Å². The normalized spacial score (nSPS) is 10.7. The molecule has 2 amide bonds. The number of pyridine rings is 1.